The number of hydrogen-bond donors (Lipinski definition) is 3. The number of hydrogen-bond acceptors (Lipinski definition) is 5. The van der Waals surface area contributed by atoms with Gasteiger partial charge in [-0.3, -0.25) is 9.52 Å². The van der Waals surface area contributed by atoms with E-state index in [0.29, 0.717) is 10.8 Å². The largest absolute Gasteiger partial charge is 0.506 e. The Morgan fingerprint density at radius 1 is 1.04 bits per heavy atom. The highest BCUT2D eigenvalue weighted by Gasteiger charge is 2.20. The Hall–Kier alpha value is -2.13. The second-order valence-electron chi connectivity index (χ2n) is 5.68. The predicted molar refractivity (Wildman–Crippen MR) is 111 cm³/mol. The summed E-state index contributed by atoms with van der Waals surface area (Å²) in [4.78, 5) is 11.0. The minimum absolute atomic E-state index is 0.0844. The molecule has 3 aromatic carbocycles. The molecule has 6 nitrogen and oxygen atoms in total. The molecule has 3 aromatic rings. The lowest BCUT2D eigenvalue weighted by Crippen LogP contribution is -2.13. The molecule has 3 N–H and O–H groups in total. The molecule has 0 radical (unpaired) electrons. The van der Waals surface area contributed by atoms with Gasteiger partial charge in [0.1, 0.15) is 5.75 Å². The van der Waals surface area contributed by atoms with Crippen molar-refractivity contribution in [3.63, 3.8) is 0 Å². The third kappa shape index (κ3) is 4.30. The number of nitrogens with one attached hydrogen (secondary N) is 1. The minimum atomic E-state index is -4.01. The third-order valence-electron chi connectivity index (χ3n) is 3.78. The van der Waals surface area contributed by atoms with Crippen LogP contribution in [0.15, 0.2) is 58.3 Å². The Bertz CT molecular complexity index is 1180. The van der Waals surface area contributed by atoms with Crippen LogP contribution in [0.5, 0.6) is 5.75 Å². The molecular formula is C18H13Cl2NO5S2. The molecule has 0 heterocycles. The van der Waals surface area contributed by atoms with E-state index >= 15 is 0 Å². The summed E-state index contributed by atoms with van der Waals surface area (Å²) >= 11 is 12.6. The number of phenols is 1. The molecule has 0 amide bonds. The third-order valence-corrected chi connectivity index (χ3v) is 6.89. The lowest BCUT2D eigenvalue weighted by Gasteiger charge is -2.15. The highest BCUT2D eigenvalue weighted by molar-refractivity contribution is 8.00. The molecule has 146 valence electrons. The highest BCUT2D eigenvalue weighted by atomic mass is 35.5. The first-order chi connectivity index (χ1) is 13.2. The SMILES string of the molecule is O=C(O)CSc1cc(NS(=O)(=O)c2ccc(Cl)c(Cl)c2)c2ccccc2c1O. The van der Waals surface area contributed by atoms with E-state index in [2.05, 4.69) is 4.72 Å². The molecule has 0 spiro atoms. The van der Waals surface area contributed by atoms with Gasteiger partial charge in [-0.15, -0.1) is 11.8 Å². The maximum Gasteiger partial charge on any atom is 0.313 e. The summed E-state index contributed by atoms with van der Waals surface area (Å²) in [7, 11) is -4.01. The fourth-order valence-corrected chi connectivity index (χ4v) is 4.70. The van der Waals surface area contributed by atoms with E-state index in [1.165, 1.54) is 24.3 Å². The van der Waals surface area contributed by atoms with Crippen molar-refractivity contribution in [2.45, 2.75) is 9.79 Å². The lowest BCUT2D eigenvalue weighted by atomic mass is 10.1. The van der Waals surface area contributed by atoms with Gasteiger partial charge >= 0.3 is 5.97 Å². The summed E-state index contributed by atoms with van der Waals surface area (Å²) in [6.07, 6.45) is 0. The van der Waals surface area contributed by atoms with Crippen LogP contribution >= 0.6 is 35.0 Å². The molecular weight excluding hydrogens is 445 g/mol. The molecule has 10 heteroatoms. The summed E-state index contributed by atoms with van der Waals surface area (Å²) < 4.78 is 28.1. The van der Waals surface area contributed by atoms with E-state index in [0.717, 1.165) is 11.8 Å². The Balaban J connectivity index is 2.09. The summed E-state index contributed by atoms with van der Waals surface area (Å²) in [5.74, 6) is -1.46. The van der Waals surface area contributed by atoms with Crippen LogP contribution in [0.1, 0.15) is 0 Å². The van der Waals surface area contributed by atoms with Gasteiger partial charge in [-0.05, 0) is 24.3 Å². The van der Waals surface area contributed by atoms with Crippen molar-refractivity contribution in [1.82, 2.24) is 0 Å². The number of anilines is 1. The summed E-state index contributed by atoms with van der Waals surface area (Å²) in [6, 6.07) is 12.0. The number of fused-ring (bicyclic) bond motifs is 1. The Kier molecular flexibility index (Phi) is 5.95. The van der Waals surface area contributed by atoms with Crippen LogP contribution in [0.25, 0.3) is 10.8 Å². The number of aliphatic carboxylic acids is 1. The van der Waals surface area contributed by atoms with E-state index in [1.54, 1.807) is 24.3 Å². The number of benzene rings is 3. The predicted octanol–water partition coefficient (Wildman–Crippen LogP) is 4.83. The van der Waals surface area contributed by atoms with Gasteiger partial charge in [0, 0.05) is 10.8 Å². The average molecular weight is 458 g/mol. The number of rotatable bonds is 6. The van der Waals surface area contributed by atoms with Gasteiger partial charge in [0.2, 0.25) is 0 Å². The second kappa shape index (κ2) is 8.08. The zero-order chi connectivity index (χ0) is 20.5. The van der Waals surface area contributed by atoms with Crippen LogP contribution in [-0.4, -0.2) is 30.4 Å². The van der Waals surface area contributed by atoms with Gasteiger partial charge < -0.3 is 10.2 Å². The quantitative estimate of drug-likeness (QED) is 0.361. The Morgan fingerprint density at radius 2 is 1.71 bits per heavy atom. The fourth-order valence-electron chi connectivity index (χ4n) is 2.52. The number of carbonyl (C=O) groups is 1. The van der Waals surface area contributed by atoms with E-state index in [9.17, 15) is 18.3 Å². The van der Waals surface area contributed by atoms with Gasteiger partial charge in [-0.2, -0.15) is 0 Å². The van der Waals surface area contributed by atoms with Crippen LogP contribution in [0.2, 0.25) is 10.0 Å². The van der Waals surface area contributed by atoms with Gasteiger partial charge in [-0.25, -0.2) is 8.42 Å². The first-order valence-electron chi connectivity index (χ1n) is 7.76. The van der Waals surface area contributed by atoms with Crippen molar-refractivity contribution >= 4 is 67.4 Å². The smallest absolute Gasteiger partial charge is 0.313 e. The number of thioether (sulfide) groups is 1. The first-order valence-corrected chi connectivity index (χ1v) is 11.0. The van der Waals surface area contributed by atoms with Crippen molar-refractivity contribution in [1.29, 1.82) is 0 Å². The van der Waals surface area contributed by atoms with Crippen molar-refractivity contribution < 1.29 is 23.4 Å². The number of carboxylic acid groups (broad SMARTS) is 1. The molecule has 0 aliphatic rings. The van der Waals surface area contributed by atoms with Crippen LogP contribution in [0.3, 0.4) is 0 Å². The number of aromatic hydroxyl groups is 1. The minimum Gasteiger partial charge on any atom is -0.506 e. The van der Waals surface area contributed by atoms with Gasteiger partial charge in [0.25, 0.3) is 10.0 Å². The molecule has 0 atom stereocenters. The first kappa shape index (κ1) is 20.6. The van der Waals surface area contributed by atoms with Crippen molar-refractivity contribution in [3.05, 3.63) is 58.6 Å². The molecule has 0 unspecified atom stereocenters. The van der Waals surface area contributed by atoms with Crippen molar-refractivity contribution in [2.75, 3.05) is 10.5 Å². The van der Waals surface area contributed by atoms with Crippen LogP contribution in [0, 0.1) is 0 Å². The molecule has 0 aliphatic heterocycles. The highest BCUT2D eigenvalue weighted by Crippen LogP contribution is 2.40. The zero-order valence-electron chi connectivity index (χ0n) is 14.0. The summed E-state index contributed by atoms with van der Waals surface area (Å²) in [5, 5.41) is 20.5. The summed E-state index contributed by atoms with van der Waals surface area (Å²) in [6.45, 7) is 0. The number of halogens is 2. The molecule has 0 saturated carbocycles. The van der Waals surface area contributed by atoms with Crippen molar-refractivity contribution in [2.24, 2.45) is 0 Å². The fraction of sp³-hybridized carbons (Fsp3) is 0.0556. The Morgan fingerprint density at radius 3 is 2.36 bits per heavy atom. The standard InChI is InChI=1S/C18H13Cl2NO5S2/c19-13-6-5-10(7-14(13)20)28(25,26)21-15-8-16(27-9-17(22)23)18(24)12-4-2-1-3-11(12)15/h1-8,21,24H,9H2,(H,22,23). The second-order valence-corrected chi connectivity index (χ2v) is 9.19. The lowest BCUT2D eigenvalue weighted by molar-refractivity contribution is -0.133. The molecule has 0 aromatic heterocycles. The maximum absolute atomic E-state index is 12.8. The van der Waals surface area contributed by atoms with Crippen LogP contribution in [0.4, 0.5) is 5.69 Å². The topological polar surface area (TPSA) is 104 Å². The molecule has 0 fully saturated rings. The average Bonchev–Trinajstić information content (AvgIpc) is 2.65. The normalized spacial score (nSPS) is 11.5. The molecule has 3 rings (SSSR count). The van der Waals surface area contributed by atoms with Crippen LogP contribution in [-0.2, 0) is 14.8 Å². The monoisotopic (exact) mass is 457 g/mol. The molecule has 0 saturated heterocycles. The zero-order valence-corrected chi connectivity index (χ0v) is 17.2. The number of sulfonamides is 1. The molecule has 28 heavy (non-hydrogen) atoms. The molecule has 0 bridgehead atoms. The van der Waals surface area contributed by atoms with Gasteiger partial charge in [0.05, 0.1) is 31.3 Å². The van der Waals surface area contributed by atoms with Crippen LogP contribution < -0.4 is 4.72 Å². The van der Waals surface area contributed by atoms with E-state index in [4.69, 9.17) is 28.3 Å². The Labute approximate surface area is 175 Å². The maximum atomic E-state index is 12.8. The number of phenolic OH excluding ortho intramolecular Hbond substituents is 1. The van der Waals surface area contributed by atoms with E-state index < -0.39 is 16.0 Å². The van der Waals surface area contributed by atoms with E-state index in [1.807, 2.05) is 0 Å². The summed E-state index contributed by atoms with van der Waals surface area (Å²) in [5.41, 5.74) is 0.201. The molecule has 0 aliphatic carbocycles. The van der Waals surface area contributed by atoms with E-state index in [-0.39, 0.29) is 37.0 Å². The van der Waals surface area contributed by atoms with Gasteiger partial charge in [-0.1, -0.05) is 47.5 Å². The number of carboxylic acids is 1. The van der Waals surface area contributed by atoms with Crippen molar-refractivity contribution in [3.8, 4) is 5.75 Å². The van der Waals surface area contributed by atoms with Gasteiger partial charge in [0.15, 0.2) is 0 Å².